The molecule has 0 aromatic heterocycles. The van der Waals surface area contributed by atoms with E-state index >= 15 is 0 Å². The SMILES string of the molecule is CC/C=C(\C(C)=C/CN1CCCC1OC)N1CCOCC1. The molecule has 2 rings (SSSR count). The maximum atomic E-state index is 5.54. The van der Waals surface area contributed by atoms with E-state index in [-0.39, 0.29) is 0 Å². The van der Waals surface area contributed by atoms with Gasteiger partial charge in [-0.05, 0) is 31.8 Å². The monoisotopic (exact) mass is 294 g/mol. The lowest BCUT2D eigenvalue weighted by Crippen LogP contribution is -2.36. The third-order valence-electron chi connectivity index (χ3n) is 4.36. The minimum absolute atomic E-state index is 0.302. The Morgan fingerprint density at radius 1 is 1.24 bits per heavy atom. The molecule has 21 heavy (non-hydrogen) atoms. The predicted octanol–water partition coefficient (Wildman–Crippen LogP) is 2.63. The second-order valence-corrected chi connectivity index (χ2v) is 5.81. The zero-order chi connectivity index (χ0) is 15.1. The summed E-state index contributed by atoms with van der Waals surface area (Å²) in [5.74, 6) is 0. The van der Waals surface area contributed by atoms with Crippen molar-refractivity contribution in [2.45, 2.75) is 39.3 Å². The Morgan fingerprint density at radius 2 is 2.00 bits per heavy atom. The smallest absolute Gasteiger partial charge is 0.110 e. The second-order valence-electron chi connectivity index (χ2n) is 5.81. The molecule has 4 heteroatoms. The van der Waals surface area contributed by atoms with Crippen molar-refractivity contribution >= 4 is 0 Å². The number of ether oxygens (including phenoxy) is 2. The van der Waals surface area contributed by atoms with Crippen LogP contribution in [0.1, 0.15) is 33.1 Å². The average Bonchev–Trinajstić information content (AvgIpc) is 2.98. The number of rotatable bonds is 6. The van der Waals surface area contributed by atoms with Crippen molar-refractivity contribution in [1.82, 2.24) is 9.80 Å². The van der Waals surface area contributed by atoms with Crippen molar-refractivity contribution in [2.75, 3.05) is 46.5 Å². The quantitative estimate of drug-likeness (QED) is 0.703. The van der Waals surface area contributed by atoms with Gasteiger partial charge in [0.05, 0.1) is 13.2 Å². The first-order chi connectivity index (χ1) is 10.3. The van der Waals surface area contributed by atoms with Crippen LogP contribution in [0.2, 0.25) is 0 Å². The largest absolute Gasteiger partial charge is 0.378 e. The Bertz CT molecular complexity index is 373. The highest BCUT2D eigenvalue weighted by atomic mass is 16.5. The number of morpholine rings is 1. The number of likely N-dealkylation sites (tertiary alicyclic amines) is 1. The highest BCUT2D eigenvalue weighted by molar-refractivity contribution is 5.28. The standard InChI is InChI=1S/C17H30N2O2/c1-4-6-16(18-11-13-21-14-12-18)15(2)8-10-19-9-5-7-17(19)20-3/h6,8,17H,4-5,7,9-14H2,1-3H3/b15-8-,16-6+. The van der Waals surface area contributed by atoms with Crippen LogP contribution in [0.15, 0.2) is 23.4 Å². The molecule has 1 atom stereocenters. The summed E-state index contributed by atoms with van der Waals surface area (Å²) >= 11 is 0. The van der Waals surface area contributed by atoms with E-state index in [4.69, 9.17) is 9.47 Å². The molecule has 120 valence electrons. The number of nitrogens with zero attached hydrogens (tertiary/aromatic N) is 2. The molecule has 2 aliphatic heterocycles. The zero-order valence-corrected chi connectivity index (χ0v) is 13.8. The molecule has 0 bridgehead atoms. The van der Waals surface area contributed by atoms with Crippen LogP contribution in [0.4, 0.5) is 0 Å². The molecule has 1 unspecified atom stereocenters. The molecule has 0 saturated carbocycles. The zero-order valence-electron chi connectivity index (χ0n) is 13.8. The molecule has 0 amide bonds. The summed E-state index contributed by atoms with van der Waals surface area (Å²) in [4.78, 5) is 4.88. The van der Waals surface area contributed by atoms with Crippen molar-refractivity contribution in [1.29, 1.82) is 0 Å². The number of allylic oxidation sites excluding steroid dienone is 2. The van der Waals surface area contributed by atoms with Gasteiger partial charge in [-0.15, -0.1) is 0 Å². The van der Waals surface area contributed by atoms with E-state index in [1.54, 1.807) is 0 Å². The van der Waals surface area contributed by atoms with Gasteiger partial charge in [-0.1, -0.05) is 19.1 Å². The summed E-state index contributed by atoms with van der Waals surface area (Å²) in [5.41, 5.74) is 2.76. The van der Waals surface area contributed by atoms with Crippen molar-refractivity contribution in [3.63, 3.8) is 0 Å². The summed E-state index contributed by atoms with van der Waals surface area (Å²) in [6.45, 7) is 10.2. The summed E-state index contributed by atoms with van der Waals surface area (Å²) in [5, 5.41) is 0. The molecule has 2 aliphatic rings. The van der Waals surface area contributed by atoms with Crippen molar-refractivity contribution in [3.8, 4) is 0 Å². The molecule has 0 aromatic carbocycles. The van der Waals surface area contributed by atoms with Crippen LogP contribution in [0.5, 0.6) is 0 Å². The third kappa shape index (κ3) is 4.56. The molecule has 2 saturated heterocycles. The Hall–Kier alpha value is -0.840. The molecular formula is C17H30N2O2. The molecular weight excluding hydrogens is 264 g/mol. The first kappa shape index (κ1) is 16.5. The lowest BCUT2D eigenvalue weighted by molar-refractivity contribution is 0.00256. The Balaban J connectivity index is 1.98. The maximum Gasteiger partial charge on any atom is 0.110 e. The van der Waals surface area contributed by atoms with E-state index in [9.17, 15) is 0 Å². The van der Waals surface area contributed by atoms with Crippen LogP contribution in [-0.2, 0) is 9.47 Å². The molecule has 4 nitrogen and oxygen atoms in total. The Morgan fingerprint density at radius 3 is 2.67 bits per heavy atom. The molecule has 0 N–H and O–H groups in total. The van der Waals surface area contributed by atoms with E-state index in [2.05, 4.69) is 35.8 Å². The first-order valence-electron chi connectivity index (χ1n) is 8.23. The van der Waals surface area contributed by atoms with Crippen LogP contribution in [0, 0.1) is 0 Å². The van der Waals surface area contributed by atoms with Gasteiger partial charge in [0.25, 0.3) is 0 Å². The lowest BCUT2D eigenvalue weighted by atomic mass is 10.1. The number of methoxy groups -OCH3 is 1. The van der Waals surface area contributed by atoms with E-state index in [1.807, 2.05) is 7.11 Å². The van der Waals surface area contributed by atoms with Gasteiger partial charge in [0.2, 0.25) is 0 Å². The van der Waals surface area contributed by atoms with Gasteiger partial charge in [-0.3, -0.25) is 4.90 Å². The van der Waals surface area contributed by atoms with E-state index in [1.165, 1.54) is 17.7 Å². The molecule has 2 fully saturated rings. The molecule has 0 radical (unpaired) electrons. The Kier molecular flexibility index (Phi) is 6.74. The first-order valence-corrected chi connectivity index (χ1v) is 8.23. The van der Waals surface area contributed by atoms with Crippen molar-refractivity contribution in [2.24, 2.45) is 0 Å². The second kappa shape index (κ2) is 8.57. The van der Waals surface area contributed by atoms with E-state index in [0.29, 0.717) is 6.23 Å². The normalized spacial score (nSPS) is 25.7. The Labute approximate surface area is 129 Å². The summed E-state index contributed by atoms with van der Waals surface area (Å²) < 4.78 is 11.0. The van der Waals surface area contributed by atoms with E-state index < -0.39 is 0 Å². The summed E-state index contributed by atoms with van der Waals surface area (Å²) in [6, 6.07) is 0. The van der Waals surface area contributed by atoms with Crippen LogP contribution in [0.3, 0.4) is 0 Å². The van der Waals surface area contributed by atoms with Crippen LogP contribution in [-0.4, -0.2) is 62.5 Å². The van der Waals surface area contributed by atoms with Gasteiger partial charge in [0.15, 0.2) is 0 Å². The molecule has 2 heterocycles. The van der Waals surface area contributed by atoms with Gasteiger partial charge in [0.1, 0.15) is 6.23 Å². The fourth-order valence-electron chi connectivity index (χ4n) is 3.17. The van der Waals surface area contributed by atoms with E-state index in [0.717, 1.165) is 52.2 Å². The fraction of sp³-hybridized carbons (Fsp3) is 0.765. The molecule has 0 aromatic rings. The van der Waals surface area contributed by atoms with Gasteiger partial charge >= 0.3 is 0 Å². The molecule has 0 spiro atoms. The van der Waals surface area contributed by atoms with Crippen LogP contribution in [0.25, 0.3) is 0 Å². The van der Waals surface area contributed by atoms with Crippen molar-refractivity contribution < 1.29 is 9.47 Å². The highest BCUT2D eigenvalue weighted by Gasteiger charge is 2.23. The lowest BCUT2D eigenvalue weighted by Gasteiger charge is -2.32. The van der Waals surface area contributed by atoms with Crippen LogP contribution < -0.4 is 0 Å². The number of hydrogen-bond acceptors (Lipinski definition) is 4. The van der Waals surface area contributed by atoms with Gasteiger partial charge < -0.3 is 14.4 Å². The predicted molar refractivity (Wildman–Crippen MR) is 86.1 cm³/mol. The fourth-order valence-corrected chi connectivity index (χ4v) is 3.17. The minimum Gasteiger partial charge on any atom is -0.378 e. The minimum atomic E-state index is 0.302. The number of hydrogen-bond donors (Lipinski definition) is 0. The highest BCUT2D eigenvalue weighted by Crippen LogP contribution is 2.20. The summed E-state index contributed by atoms with van der Waals surface area (Å²) in [6.07, 6.45) is 8.47. The van der Waals surface area contributed by atoms with Crippen molar-refractivity contribution in [3.05, 3.63) is 23.4 Å². The topological polar surface area (TPSA) is 24.9 Å². The van der Waals surface area contributed by atoms with Gasteiger partial charge in [-0.2, -0.15) is 0 Å². The van der Waals surface area contributed by atoms with Gasteiger partial charge in [0, 0.05) is 39.0 Å². The van der Waals surface area contributed by atoms with Crippen LogP contribution >= 0.6 is 0 Å². The maximum absolute atomic E-state index is 5.54. The third-order valence-corrected chi connectivity index (χ3v) is 4.36. The average molecular weight is 294 g/mol. The summed E-state index contributed by atoms with van der Waals surface area (Å²) in [7, 11) is 1.82. The van der Waals surface area contributed by atoms with Gasteiger partial charge in [-0.25, -0.2) is 0 Å². The molecule has 0 aliphatic carbocycles.